The molecule has 1 N–H and O–H groups in total. The van der Waals surface area contributed by atoms with Gasteiger partial charge in [0.2, 0.25) is 5.91 Å². The number of thiazole rings is 1. The molecule has 1 aromatic carbocycles. The molecule has 0 saturated carbocycles. The lowest BCUT2D eigenvalue weighted by atomic mass is 10.1. The van der Waals surface area contributed by atoms with Crippen molar-refractivity contribution < 1.29 is 4.79 Å². The van der Waals surface area contributed by atoms with Crippen LogP contribution in [-0.4, -0.2) is 27.4 Å². The van der Waals surface area contributed by atoms with E-state index >= 15 is 0 Å². The zero-order chi connectivity index (χ0) is 18.7. The van der Waals surface area contributed by atoms with Gasteiger partial charge in [-0.1, -0.05) is 29.5 Å². The first-order valence-corrected chi connectivity index (χ1v) is 9.14. The zero-order valence-corrected chi connectivity index (χ0v) is 15.6. The minimum Gasteiger partial charge on any atom is -0.311 e. The second-order valence-corrected chi connectivity index (χ2v) is 6.98. The largest absolute Gasteiger partial charge is 0.311 e. The van der Waals surface area contributed by atoms with Gasteiger partial charge in [0.1, 0.15) is 5.82 Å². The van der Waals surface area contributed by atoms with Gasteiger partial charge in [-0.05, 0) is 32.4 Å². The number of benzene rings is 1. The van der Waals surface area contributed by atoms with E-state index in [0.717, 1.165) is 10.2 Å². The molecule has 0 radical (unpaired) electrons. The first-order chi connectivity index (χ1) is 12.5. The molecule has 0 aliphatic carbocycles. The number of H-pyrrole nitrogens is 1. The van der Waals surface area contributed by atoms with Gasteiger partial charge in [0, 0.05) is 24.2 Å². The Kier molecular flexibility index (Phi) is 5.27. The smallest absolute Gasteiger partial charge is 0.254 e. The molecule has 0 atom stereocenters. The van der Waals surface area contributed by atoms with Gasteiger partial charge in [-0.3, -0.25) is 14.5 Å². The van der Waals surface area contributed by atoms with E-state index in [9.17, 15) is 9.59 Å². The number of nitrogens with one attached hydrogen (secondary N) is 1. The van der Waals surface area contributed by atoms with Crippen molar-refractivity contribution in [2.24, 2.45) is 0 Å². The van der Waals surface area contributed by atoms with Crippen molar-refractivity contribution >= 4 is 32.6 Å². The van der Waals surface area contributed by atoms with Crippen LogP contribution in [0.1, 0.15) is 23.5 Å². The van der Waals surface area contributed by atoms with Gasteiger partial charge in [0.25, 0.3) is 5.56 Å². The van der Waals surface area contributed by atoms with Crippen LogP contribution in [0, 0.1) is 13.8 Å². The highest BCUT2D eigenvalue weighted by Gasteiger charge is 2.19. The Morgan fingerprint density at radius 3 is 2.77 bits per heavy atom. The Morgan fingerprint density at radius 2 is 2.08 bits per heavy atom. The fraction of sp³-hybridized carbons (Fsp3) is 0.263. The van der Waals surface area contributed by atoms with E-state index < -0.39 is 0 Å². The molecule has 0 fully saturated rings. The number of carbonyl (C=O) groups excluding carboxylic acids is 1. The Labute approximate surface area is 155 Å². The molecule has 0 bridgehead atoms. The lowest BCUT2D eigenvalue weighted by molar-refractivity contribution is -0.118. The topological polar surface area (TPSA) is 79.0 Å². The molecule has 26 heavy (non-hydrogen) atoms. The normalized spacial score (nSPS) is 10.8. The standard InChI is InChI=1S/C19H20N4O2S/c1-4-11-23(19-22-15-7-5-6-8-16(15)26-19)17(24)10-9-14-12(2)20-13(3)21-18(14)25/h4-8H,1,9-11H2,2-3H3,(H,20,21,25). The average Bonchev–Trinajstić information content (AvgIpc) is 3.02. The van der Waals surface area contributed by atoms with Gasteiger partial charge >= 0.3 is 0 Å². The molecule has 0 saturated heterocycles. The number of para-hydroxylation sites is 1. The summed E-state index contributed by atoms with van der Waals surface area (Å²) in [4.78, 5) is 38.0. The van der Waals surface area contributed by atoms with Crippen molar-refractivity contribution in [3.05, 3.63) is 64.4 Å². The van der Waals surface area contributed by atoms with Crippen molar-refractivity contribution in [3.8, 4) is 0 Å². The monoisotopic (exact) mass is 368 g/mol. The molecule has 0 aliphatic heterocycles. The van der Waals surface area contributed by atoms with Crippen LogP contribution in [0.2, 0.25) is 0 Å². The molecule has 134 valence electrons. The van der Waals surface area contributed by atoms with Crippen LogP contribution in [0.3, 0.4) is 0 Å². The average molecular weight is 368 g/mol. The van der Waals surface area contributed by atoms with E-state index in [1.54, 1.807) is 24.8 Å². The van der Waals surface area contributed by atoms with Crippen molar-refractivity contribution in [3.63, 3.8) is 0 Å². The first kappa shape index (κ1) is 18.0. The van der Waals surface area contributed by atoms with E-state index in [0.29, 0.717) is 35.2 Å². The number of hydrogen-bond acceptors (Lipinski definition) is 5. The van der Waals surface area contributed by atoms with Crippen LogP contribution in [0.5, 0.6) is 0 Å². The molecule has 0 unspecified atom stereocenters. The Balaban J connectivity index is 1.81. The number of aromatic amines is 1. The van der Waals surface area contributed by atoms with Crippen LogP contribution in [-0.2, 0) is 11.2 Å². The van der Waals surface area contributed by atoms with Crippen molar-refractivity contribution in [2.45, 2.75) is 26.7 Å². The van der Waals surface area contributed by atoms with Crippen LogP contribution in [0.25, 0.3) is 10.2 Å². The van der Waals surface area contributed by atoms with Crippen molar-refractivity contribution in [1.29, 1.82) is 0 Å². The number of anilines is 1. The second-order valence-electron chi connectivity index (χ2n) is 5.97. The van der Waals surface area contributed by atoms with Gasteiger partial charge in [0.05, 0.1) is 10.2 Å². The summed E-state index contributed by atoms with van der Waals surface area (Å²) in [5, 5.41) is 0.642. The van der Waals surface area contributed by atoms with E-state index in [1.807, 2.05) is 24.3 Å². The Hall–Kier alpha value is -2.80. The molecule has 6 nitrogen and oxygen atoms in total. The van der Waals surface area contributed by atoms with Crippen molar-refractivity contribution in [1.82, 2.24) is 15.0 Å². The van der Waals surface area contributed by atoms with Gasteiger partial charge in [-0.25, -0.2) is 9.97 Å². The maximum Gasteiger partial charge on any atom is 0.254 e. The fourth-order valence-electron chi connectivity index (χ4n) is 2.80. The molecular weight excluding hydrogens is 348 g/mol. The summed E-state index contributed by atoms with van der Waals surface area (Å²) >= 11 is 1.47. The number of aryl methyl sites for hydroxylation is 2. The molecule has 3 rings (SSSR count). The maximum atomic E-state index is 12.8. The molecule has 2 aromatic heterocycles. The molecule has 7 heteroatoms. The summed E-state index contributed by atoms with van der Waals surface area (Å²) in [7, 11) is 0. The Bertz CT molecular complexity index is 989. The molecular formula is C19H20N4O2S. The lowest BCUT2D eigenvalue weighted by Crippen LogP contribution is -2.31. The summed E-state index contributed by atoms with van der Waals surface area (Å²) in [6.07, 6.45) is 2.22. The fourth-order valence-corrected chi connectivity index (χ4v) is 3.80. The van der Waals surface area contributed by atoms with E-state index in [4.69, 9.17) is 0 Å². The summed E-state index contributed by atoms with van der Waals surface area (Å²) in [6, 6.07) is 7.77. The first-order valence-electron chi connectivity index (χ1n) is 8.33. The summed E-state index contributed by atoms with van der Waals surface area (Å²) in [5.41, 5.74) is 1.89. The van der Waals surface area contributed by atoms with E-state index in [2.05, 4.69) is 21.5 Å². The van der Waals surface area contributed by atoms with Crippen molar-refractivity contribution in [2.75, 3.05) is 11.4 Å². The lowest BCUT2D eigenvalue weighted by Gasteiger charge is -2.18. The molecule has 3 aromatic rings. The molecule has 1 amide bonds. The number of rotatable bonds is 6. The highest BCUT2D eigenvalue weighted by atomic mass is 32.1. The molecule has 0 spiro atoms. The highest BCUT2D eigenvalue weighted by molar-refractivity contribution is 7.22. The van der Waals surface area contributed by atoms with E-state index in [-0.39, 0.29) is 17.9 Å². The number of carbonyl (C=O) groups is 1. The van der Waals surface area contributed by atoms with Gasteiger partial charge in [-0.2, -0.15) is 0 Å². The van der Waals surface area contributed by atoms with Crippen LogP contribution >= 0.6 is 11.3 Å². The summed E-state index contributed by atoms with van der Waals surface area (Å²) in [5.74, 6) is 0.480. The summed E-state index contributed by atoms with van der Waals surface area (Å²) < 4.78 is 1.03. The minimum absolute atomic E-state index is 0.0941. The van der Waals surface area contributed by atoms with Gasteiger partial charge in [-0.15, -0.1) is 6.58 Å². The third-order valence-electron chi connectivity index (χ3n) is 4.06. The quantitative estimate of drug-likeness (QED) is 0.678. The number of nitrogens with zero attached hydrogens (tertiary/aromatic N) is 3. The van der Waals surface area contributed by atoms with Gasteiger partial charge < -0.3 is 4.98 Å². The number of amides is 1. The highest BCUT2D eigenvalue weighted by Crippen LogP contribution is 2.29. The zero-order valence-electron chi connectivity index (χ0n) is 14.8. The van der Waals surface area contributed by atoms with Gasteiger partial charge in [0.15, 0.2) is 5.13 Å². The second kappa shape index (κ2) is 7.61. The van der Waals surface area contributed by atoms with Crippen LogP contribution in [0.15, 0.2) is 41.7 Å². The minimum atomic E-state index is -0.182. The Morgan fingerprint density at radius 1 is 1.31 bits per heavy atom. The third-order valence-corrected chi connectivity index (χ3v) is 5.12. The molecule has 0 aliphatic rings. The number of aromatic nitrogens is 3. The maximum absolute atomic E-state index is 12.8. The number of hydrogen-bond donors (Lipinski definition) is 1. The number of fused-ring (bicyclic) bond motifs is 1. The SMILES string of the molecule is C=CCN(C(=O)CCc1c(C)nc(C)[nH]c1=O)c1nc2ccccc2s1. The van der Waals surface area contributed by atoms with E-state index in [1.165, 1.54) is 11.3 Å². The van der Waals surface area contributed by atoms with Crippen LogP contribution in [0.4, 0.5) is 5.13 Å². The predicted octanol–water partition coefficient (Wildman–Crippen LogP) is 3.15. The summed E-state index contributed by atoms with van der Waals surface area (Å²) in [6.45, 7) is 7.64. The predicted molar refractivity (Wildman–Crippen MR) is 105 cm³/mol. The third kappa shape index (κ3) is 3.72. The molecule has 2 heterocycles. The van der Waals surface area contributed by atoms with Crippen LogP contribution < -0.4 is 10.5 Å².